The van der Waals surface area contributed by atoms with Crippen LogP contribution in [0.4, 0.5) is 14.9 Å². The molecule has 1 aromatic carbocycles. The Morgan fingerprint density at radius 1 is 1.50 bits per heavy atom. The maximum Gasteiger partial charge on any atom is 0.322 e. The molecule has 0 saturated carbocycles. The molecule has 2 rings (SSSR count). The van der Waals surface area contributed by atoms with E-state index in [-0.39, 0.29) is 17.3 Å². The number of benzene rings is 1. The second-order valence-electron chi connectivity index (χ2n) is 4.42. The van der Waals surface area contributed by atoms with Crippen LogP contribution in [0.5, 0.6) is 0 Å². The Morgan fingerprint density at radius 3 is 2.69 bits per heavy atom. The number of nitrogens with one attached hydrogen (secondary N) is 1. The van der Waals surface area contributed by atoms with Gasteiger partial charge in [-0.1, -0.05) is 12.1 Å². The lowest BCUT2D eigenvalue weighted by molar-refractivity contribution is 0.117. The quantitative estimate of drug-likeness (QED) is 0.755. The summed E-state index contributed by atoms with van der Waals surface area (Å²) in [6.07, 6.45) is 0. The lowest BCUT2D eigenvalue weighted by Crippen LogP contribution is -2.67. The molecule has 1 saturated heterocycles. The van der Waals surface area contributed by atoms with E-state index in [4.69, 9.17) is 5.73 Å². The van der Waals surface area contributed by atoms with Gasteiger partial charge in [0.25, 0.3) is 0 Å². The first-order valence-corrected chi connectivity index (χ1v) is 5.07. The Balaban J connectivity index is 1.96. The third-order valence-corrected chi connectivity index (χ3v) is 2.51. The number of urea groups is 1. The van der Waals surface area contributed by atoms with Gasteiger partial charge in [-0.2, -0.15) is 0 Å². The summed E-state index contributed by atoms with van der Waals surface area (Å²) in [5.74, 6) is -0.438. The van der Waals surface area contributed by atoms with E-state index in [0.29, 0.717) is 13.1 Å². The van der Waals surface area contributed by atoms with Crippen LogP contribution >= 0.6 is 0 Å². The summed E-state index contributed by atoms with van der Waals surface area (Å²) >= 11 is 0. The first kappa shape index (κ1) is 10.9. The lowest BCUT2D eigenvalue weighted by Gasteiger charge is -2.45. The number of para-hydroxylation sites is 1. The topological polar surface area (TPSA) is 58.4 Å². The molecule has 3 N–H and O–H groups in total. The van der Waals surface area contributed by atoms with Crippen molar-refractivity contribution in [1.82, 2.24) is 4.90 Å². The second-order valence-corrected chi connectivity index (χ2v) is 4.42. The highest BCUT2D eigenvalue weighted by Crippen LogP contribution is 2.19. The minimum atomic E-state index is -0.438. The van der Waals surface area contributed by atoms with E-state index >= 15 is 0 Å². The Kier molecular flexibility index (Phi) is 2.55. The fourth-order valence-electron chi connectivity index (χ4n) is 1.73. The zero-order valence-corrected chi connectivity index (χ0v) is 9.03. The van der Waals surface area contributed by atoms with Crippen LogP contribution in [0.2, 0.25) is 0 Å². The number of likely N-dealkylation sites (tertiary alicyclic amines) is 1. The van der Waals surface area contributed by atoms with Gasteiger partial charge in [-0.15, -0.1) is 0 Å². The maximum absolute atomic E-state index is 13.2. The summed E-state index contributed by atoms with van der Waals surface area (Å²) in [7, 11) is 0. The monoisotopic (exact) mass is 223 g/mol. The Bertz CT molecular complexity index is 411. The molecule has 0 radical (unpaired) electrons. The van der Waals surface area contributed by atoms with Gasteiger partial charge in [-0.3, -0.25) is 0 Å². The molecule has 1 aliphatic heterocycles. The first-order chi connectivity index (χ1) is 7.48. The van der Waals surface area contributed by atoms with E-state index in [2.05, 4.69) is 5.32 Å². The molecular formula is C11H14FN3O. The van der Waals surface area contributed by atoms with Crippen molar-refractivity contribution in [2.24, 2.45) is 5.73 Å². The smallest absolute Gasteiger partial charge is 0.322 e. The largest absolute Gasteiger partial charge is 0.322 e. The number of nitrogens with zero attached hydrogens (tertiary/aromatic N) is 1. The van der Waals surface area contributed by atoms with Crippen molar-refractivity contribution in [2.75, 3.05) is 18.4 Å². The average molecular weight is 223 g/mol. The molecule has 16 heavy (non-hydrogen) atoms. The van der Waals surface area contributed by atoms with Crippen LogP contribution in [0.25, 0.3) is 0 Å². The number of carbonyl (C=O) groups is 1. The number of nitrogens with two attached hydrogens (primary N) is 1. The standard InChI is InChI=1S/C11H14FN3O/c1-11(13)6-15(7-11)10(16)14-9-5-3-2-4-8(9)12/h2-5H,6-7,13H2,1H3,(H,14,16). The van der Waals surface area contributed by atoms with Crippen LogP contribution in [0.1, 0.15) is 6.92 Å². The Morgan fingerprint density at radius 2 is 2.12 bits per heavy atom. The van der Waals surface area contributed by atoms with Gasteiger partial charge in [-0.05, 0) is 19.1 Å². The van der Waals surface area contributed by atoms with Crippen molar-refractivity contribution in [3.8, 4) is 0 Å². The molecule has 0 bridgehead atoms. The SMILES string of the molecule is CC1(N)CN(C(=O)Nc2ccccc2F)C1. The number of hydrogen-bond acceptors (Lipinski definition) is 2. The van der Waals surface area contributed by atoms with Crippen molar-refractivity contribution in [1.29, 1.82) is 0 Å². The van der Waals surface area contributed by atoms with Crippen molar-refractivity contribution in [3.05, 3.63) is 30.1 Å². The summed E-state index contributed by atoms with van der Waals surface area (Å²) in [6.45, 7) is 2.86. The number of anilines is 1. The van der Waals surface area contributed by atoms with E-state index < -0.39 is 5.82 Å². The molecule has 1 aliphatic rings. The molecule has 0 unspecified atom stereocenters. The highest BCUT2D eigenvalue weighted by molar-refractivity contribution is 5.90. The normalized spacial score (nSPS) is 17.8. The predicted molar refractivity (Wildman–Crippen MR) is 59.6 cm³/mol. The molecule has 86 valence electrons. The van der Waals surface area contributed by atoms with Gasteiger partial charge in [0.05, 0.1) is 5.69 Å². The van der Waals surface area contributed by atoms with Crippen LogP contribution in [0.15, 0.2) is 24.3 Å². The molecule has 0 aliphatic carbocycles. The number of hydrogen-bond donors (Lipinski definition) is 2. The van der Waals surface area contributed by atoms with Crippen LogP contribution in [0, 0.1) is 5.82 Å². The summed E-state index contributed by atoms with van der Waals surface area (Å²) in [6, 6.07) is 5.76. The lowest BCUT2D eigenvalue weighted by atomic mass is 9.94. The number of halogens is 1. The maximum atomic E-state index is 13.2. The minimum absolute atomic E-state index is 0.193. The Labute approximate surface area is 93.2 Å². The average Bonchev–Trinajstić information content (AvgIpc) is 2.17. The van der Waals surface area contributed by atoms with E-state index in [9.17, 15) is 9.18 Å². The first-order valence-electron chi connectivity index (χ1n) is 5.07. The van der Waals surface area contributed by atoms with Gasteiger partial charge in [0.15, 0.2) is 0 Å². The van der Waals surface area contributed by atoms with E-state index in [0.717, 1.165) is 0 Å². The molecule has 2 amide bonds. The molecule has 5 heteroatoms. The van der Waals surface area contributed by atoms with Gasteiger partial charge in [0.2, 0.25) is 0 Å². The predicted octanol–water partition coefficient (Wildman–Crippen LogP) is 1.39. The third-order valence-electron chi connectivity index (χ3n) is 2.51. The molecule has 0 aromatic heterocycles. The third kappa shape index (κ3) is 2.14. The van der Waals surface area contributed by atoms with Crippen molar-refractivity contribution in [3.63, 3.8) is 0 Å². The van der Waals surface area contributed by atoms with Crippen molar-refractivity contribution >= 4 is 11.7 Å². The Hall–Kier alpha value is -1.62. The zero-order valence-electron chi connectivity index (χ0n) is 9.03. The zero-order chi connectivity index (χ0) is 11.8. The van der Waals surface area contributed by atoms with E-state index in [1.54, 1.807) is 17.0 Å². The van der Waals surface area contributed by atoms with Crippen molar-refractivity contribution in [2.45, 2.75) is 12.5 Å². The molecule has 1 fully saturated rings. The molecular weight excluding hydrogens is 209 g/mol. The van der Waals surface area contributed by atoms with Gasteiger partial charge in [-0.25, -0.2) is 9.18 Å². The highest BCUT2D eigenvalue weighted by atomic mass is 19.1. The van der Waals surface area contributed by atoms with Crippen LogP contribution in [-0.4, -0.2) is 29.6 Å². The van der Waals surface area contributed by atoms with Gasteiger partial charge < -0.3 is 16.0 Å². The highest BCUT2D eigenvalue weighted by Gasteiger charge is 2.37. The van der Waals surface area contributed by atoms with E-state index in [1.807, 2.05) is 6.92 Å². The van der Waals surface area contributed by atoms with Crippen LogP contribution in [0.3, 0.4) is 0 Å². The molecule has 1 heterocycles. The summed E-state index contributed by atoms with van der Waals surface area (Å²) in [4.78, 5) is 13.2. The number of rotatable bonds is 1. The fraction of sp³-hybridized carbons (Fsp3) is 0.364. The summed E-state index contributed by atoms with van der Waals surface area (Å²) < 4.78 is 13.2. The second kappa shape index (κ2) is 3.75. The molecule has 1 aromatic rings. The number of amides is 2. The van der Waals surface area contributed by atoms with Gasteiger partial charge in [0, 0.05) is 18.6 Å². The van der Waals surface area contributed by atoms with Gasteiger partial charge in [0.1, 0.15) is 5.82 Å². The minimum Gasteiger partial charge on any atom is -0.322 e. The number of carbonyl (C=O) groups excluding carboxylic acids is 1. The van der Waals surface area contributed by atoms with Crippen LogP contribution in [-0.2, 0) is 0 Å². The van der Waals surface area contributed by atoms with Crippen LogP contribution < -0.4 is 11.1 Å². The van der Waals surface area contributed by atoms with Crippen molar-refractivity contribution < 1.29 is 9.18 Å². The molecule has 0 atom stereocenters. The molecule has 4 nitrogen and oxygen atoms in total. The fourth-order valence-corrected chi connectivity index (χ4v) is 1.73. The summed E-state index contributed by atoms with van der Waals surface area (Å²) in [5, 5.41) is 2.51. The molecule has 0 spiro atoms. The summed E-state index contributed by atoms with van der Waals surface area (Å²) in [5.41, 5.74) is 5.66. The van der Waals surface area contributed by atoms with E-state index in [1.165, 1.54) is 12.1 Å². The van der Waals surface area contributed by atoms with Gasteiger partial charge >= 0.3 is 6.03 Å².